The van der Waals surface area contributed by atoms with Gasteiger partial charge in [0.05, 0.1) is 12.8 Å². The van der Waals surface area contributed by atoms with Crippen molar-refractivity contribution in [2.24, 2.45) is 0 Å². The first-order valence-electron chi connectivity index (χ1n) is 9.72. The molecule has 0 saturated carbocycles. The number of likely N-dealkylation sites (tertiary alicyclic amines) is 1. The van der Waals surface area contributed by atoms with Crippen molar-refractivity contribution in [1.29, 1.82) is 0 Å². The third kappa shape index (κ3) is 3.70. The maximum Gasteiger partial charge on any atom is 0.354 e. The quantitative estimate of drug-likeness (QED) is 0.617. The number of piperidine rings is 1. The molecule has 1 amide bonds. The number of esters is 1. The van der Waals surface area contributed by atoms with Crippen molar-refractivity contribution in [2.75, 3.05) is 20.2 Å². The summed E-state index contributed by atoms with van der Waals surface area (Å²) in [5.41, 5.74) is 1.15. The first kappa shape index (κ1) is 19.8. The minimum Gasteiger partial charge on any atom is -0.464 e. The Morgan fingerprint density at radius 3 is 2.50 bits per heavy atom. The summed E-state index contributed by atoms with van der Waals surface area (Å²) in [4.78, 5) is 30.9. The van der Waals surface area contributed by atoms with E-state index >= 15 is 0 Å². The molecular weight excluding hydrogens is 389 g/mol. The second-order valence-corrected chi connectivity index (χ2v) is 7.19. The standard InChI is InChI=1S/C21H22FN5O3/c1-14-23-19(24-27(14)17-7-5-15(22)6-8-17)20(28)25-12-9-16(10-13-25)26-11-3-4-18(26)21(29)30-2/h3-8,11,16H,9-10,12-13H2,1-2H3. The van der Waals surface area contributed by atoms with Gasteiger partial charge < -0.3 is 14.2 Å². The van der Waals surface area contributed by atoms with Crippen molar-refractivity contribution in [3.8, 4) is 5.69 Å². The minimum absolute atomic E-state index is 0.115. The van der Waals surface area contributed by atoms with E-state index < -0.39 is 0 Å². The highest BCUT2D eigenvalue weighted by molar-refractivity contribution is 5.90. The van der Waals surface area contributed by atoms with E-state index in [4.69, 9.17) is 4.74 Å². The van der Waals surface area contributed by atoms with Crippen LogP contribution in [-0.2, 0) is 4.74 Å². The van der Waals surface area contributed by atoms with Gasteiger partial charge >= 0.3 is 5.97 Å². The van der Waals surface area contributed by atoms with E-state index in [0.29, 0.717) is 43.1 Å². The normalized spacial score (nSPS) is 14.7. The molecule has 1 fully saturated rings. The molecule has 0 N–H and O–H groups in total. The number of carbonyl (C=O) groups excluding carboxylic acids is 2. The van der Waals surface area contributed by atoms with Crippen LogP contribution in [0, 0.1) is 12.7 Å². The van der Waals surface area contributed by atoms with Gasteiger partial charge in [-0.05, 0) is 56.2 Å². The van der Waals surface area contributed by atoms with Gasteiger partial charge in [0.1, 0.15) is 17.3 Å². The van der Waals surface area contributed by atoms with Crippen molar-refractivity contribution >= 4 is 11.9 Å². The van der Waals surface area contributed by atoms with Gasteiger partial charge in [0, 0.05) is 25.3 Å². The molecule has 0 aliphatic carbocycles. The summed E-state index contributed by atoms with van der Waals surface area (Å²) >= 11 is 0. The summed E-state index contributed by atoms with van der Waals surface area (Å²) in [6, 6.07) is 9.53. The van der Waals surface area contributed by atoms with Crippen molar-refractivity contribution < 1.29 is 18.7 Å². The van der Waals surface area contributed by atoms with Gasteiger partial charge in [-0.1, -0.05) is 0 Å². The van der Waals surface area contributed by atoms with E-state index in [0.717, 1.165) is 0 Å². The molecule has 1 aliphatic heterocycles. The average Bonchev–Trinajstić information content (AvgIpc) is 3.40. The SMILES string of the molecule is COC(=O)c1cccn1C1CCN(C(=O)c2nc(C)n(-c3ccc(F)cc3)n2)CC1. The lowest BCUT2D eigenvalue weighted by atomic mass is 10.0. The number of nitrogens with zero attached hydrogens (tertiary/aromatic N) is 5. The third-order valence-electron chi connectivity index (χ3n) is 5.35. The third-order valence-corrected chi connectivity index (χ3v) is 5.35. The molecule has 0 radical (unpaired) electrons. The lowest BCUT2D eigenvalue weighted by molar-refractivity contribution is 0.0572. The zero-order chi connectivity index (χ0) is 21.3. The molecular formula is C21H22FN5O3. The Morgan fingerprint density at radius 1 is 1.13 bits per heavy atom. The number of halogens is 1. The van der Waals surface area contributed by atoms with Crippen molar-refractivity contribution in [2.45, 2.75) is 25.8 Å². The highest BCUT2D eigenvalue weighted by atomic mass is 19.1. The van der Waals surface area contributed by atoms with E-state index in [2.05, 4.69) is 10.1 Å². The van der Waals surface area contributed by atoms with E-state index in [-0.39, 0.29) is 29.6 Å². The first-order chi connectivity index (χ1) is 14.5. The zero-order valence-corrected chi connectivity index (χ0v) is 16.8. The maximum absolute atomic E-state index is 13.2. The fourth-order valence-electron chi connectivity index (χ4n) is 3.79. The van der Waals surface area contributed by atoms with Gasteiger partial charge in [-0.15, -0.1) is 5.10 Å². The van der Waals surface area contributed by atoms with Crippen molar-refractivity contribution in [3.63, 3.8) is 0 Å². The molecule has 2 aromatic heterocycles. The second-order valence-electron chi connectivity index (χ2n) is 7.19. The Labute approximate surface area is 172 Å². The zero-order valence-electron chi connectivity index (χ0n) is 16.8. The van der Waals surface area contributed by atoms with Crippen molar-refractivity contribution in [3.05, 3.63) is 65.8 Å². The lowest BCUT2D eigenvalue weighted by Crippen LogP contribution is -2.39. The molecule has 1 aromatic carbocycles. The molecule has 1 saturated heterocycles. The van der Waals surface area contributed by atoms with Crippen LogP contribution in [0.5, 0.6) is 0 Å². The molecule has 9 heteroatoms. The molecule has 30 heavy (non-hydrogen) atoms. The summed E-state index contributed by atoms with van der Waals surface area (Å²) in [5, 5.41) is 4.33. The van der Waals surface area contributed by atoms with Gasteiger partial charge in [-0.25, -0.2) is 18.9 Å². The number of hydrogen-bond acceptors (Lipinski definition) is 5. The van der Waals surface area contributed by atoms with Crippen LogP contribution >= 0.6 is 0 Å². The fourth-order valence-corrected chi connectivity index (χ4v) is 3.79. The van der Waals surface area contributed by atoms with Crippen molar-refractivity contribution in [1.82, 2.24) is 24.2 Å². The van der Waals surface area contributed by atoms with Crippen LogP contribution in [-0.4, -0.2) is 56.3 Å². The number of ether oxygens (including phenoxy) is 1. The molecule has 0 bridgehead atoms. The van der Waals surface area contributed by atoms with Crippen LogP contribution in [0.15, 0.2) is 42.6 Å². The van der Waals surface area contributed by atoms with Crippen LogP contribution < -0.4 is 0 Å². The van der Waals surface area contributed by atoms with Crippen LogP contribution in [0.3, 0.4) is 0 Å². The average molecular weight is 411 g/mol. The molecule has 4 rings (SSSR count). The maximum atomic E-state index is 13.2. The van der Waals surface area contributed by atoms with Gasteiger partial charge in [-0.3, -0.25) is 4.79 Å². The predicted octanol–water partition coefficient (Wildman–Crippen LogP) is 2.78. The van der Waals surface area contributed by atoms with Crippen LogP contribution in [0.4, 0.5) is 4.39 Å². The summed E-state index contributed by atoms with van der Waals surface area (Å²) < 4.78 is 21.5. The highest BCUT2D eigenvalue weighted by Gasteiger charge is 2.28. The largest absolute Gasteiger partial charge is 0.464 e. The number of rotatable bonds is 4. The highest BCUT2D eigenvalue weighted by Crippen LogP contribution is 2.25. The molecule has 8 nitrogen and oxygen atoms in total. The number of amides is 1. The Balaban J connectivity index is 1.45. The van der Waals surface area contributed by atoms with Gasteiger partial charge in [0.25, 0.3) is 5.91 Å². The molecule has 1 aliphatic rings. The second kappa shape index (κ2) is 8.10. The Bertz CT molecular complexity index is 1060. The topological polar surface area (TPSA) is 82.3 Å². The Morgan fingerprint density at radius 2 is 1.83 bits per heavy atom. The Kier molecular flexibility index (Phi) is 5.35. The van der Waals surface area contributed by atoms with Gasteiger partial charge in [0.2, 0.25) is 5.82 Å². The minimum atomic E-state index is -0.371. The molecule has 3 heterocycles. The summed E-state index contributed by atoms with van der Waals surface area (Å²) in [6.07, 6.45) is 3.29. The van der Waals surface area contributed by atoms with Crippen LogP contribution in [0.1, 0.15) is 45.8 Å². The number of benzene rings is 1. The number of methoxy groups -OCH3 is 1. The first-order valence-corrected chi connectivity index (χ1v) is 9.72. The number of aromatic nitrogens is 4. The summed E-state index contributed by atoms with van der Waals surface area (Å²) in [5.74, 6) is -0.280. The summed E-state index contributed by atoms with van der Waals surface area (Å²) in [6.45, 7) is 2.82. The lowest BCUT2D eigenvalue weighted by Gasteiger charge is -2.32. The van der Waals surface area contributed by atoms with Gasteiger partial charge in [0.15, 0.2) is 0 Å². The molecule has 3 aromatic rings. The van der Waals surface area contributed by atoms with Crippen LogP contribution in [0.25, 0.3) is 5.69 Å². The number of hydrogen-bond donors (Lipinski definition) is 0. The monoisotopic (exact) mass is 411 g/mol. The van der Waals surface area contributed by atoms with E-state index in [1.54, 1.807) is 30.0 Å². The number of carbonyl (C=O) groups is 2. The van der Waals surface area contributed by atoms with E-state index in [9.17, 15) is 14.0 Å². The predicted molar refractivity (Wildman–Crippen MR) is 106 cm³/mol. The molecule has 0 unspecified atom stereocenters. The van der Waals surface area contributed by atoms with E-state index in [1.807, 2.05) is 16.8 Å². The smallest absolute Gasteiger partial charge is 0.354 e. The van der Waals surface area contributed by atoms with Crippen LogP contribution in [0.2, 0.25) is 0 Å². The molecule has 0 atom stereocenters. The Hall–Kier alpha value is -3.49. The van der Waals surface area contributed by atoms with Gasteiger partial charge in [-0.2, -0.15) is 0 Å². The number of aryl methyl sites for hydroxylation is 1. The molecule has 156 valence electrons. The fraction of sp³-hybridized carbons (Fsp3) is 0.333. The van der Waals surface area contributed by atoms with E-state index in [1.165, 1.54) is 23.9 Å². The summed E-state index contributed by atoms with van der Waals surface area (Å²) in [7, 11) is 1.36. The molecule has 0 spiro atoms.